The van der Waals surface area contributed by atoms with E-state index in [4.69, 9.17) is 4.74 Å². The van der Waals surface area contributed by atoms with Crippen LogP contribution in [0.3, 0.4) is 0 Å². The van der Waals surface area contributed by atoms with Crippen molar-refractivity contribution < 1.29 is 14.6 Å². The molecular formula is C20H30N2O3. The summed E-state index contributed by atoms with van der Waals surface area (Å²) < 4.78 is 5.52. The molecule has 1 amide bonds. The summed E-state index contributed by atoms with van der Waals surface area (Å²) in [5, 5.41) is 10.3. The number of benzene rings is 1. The van der Waals surface area contributed by atoms with Gasteiger partial charge in [-0.25, -0.2) is 0 Å². The third-order valence-electron chi connectivity index (χ3n) is 5.27. The molecule has 0 radical (unpaired) electrons. The van der Waals surface area contributed by atoms with Crippen LogP contribution in [0, 0.1) is 5.41 Å². The Labute approximate surface area is 150 Å². The van der Waals surface area contributed by atoms with Crippen LogP contribution in [0.1, 0.15) is 31.9 Å². The molecule has 1 N–H and O–H groups in total. The van der Waals surface area contributed by atoms with E-state index in [-0.39, 0.29) is 17.4 Å². The van der Waals surface area contributed by atoms with E-state index >= 15 is 0 Å². The number of β-amino-alcohol motifs (C(OH)–C–C–N with tert-alkyl or cyclic N) is 1. The van der Waals surface area contributed by atoms with Crippen LogP contribution < -0.4 is 4.74 Å². The smallest absolute Gasteiger partial charge is 0.227 e. The quantitative estimate of drug-likeness (QED) is 0.902. The van der Waals surface area contributed by atoms with Gasteiger partial charge in [-0.05, 0) is 22.6 Å². The minimum absolute atomic E-state index is 0.107. The molecule has 0 aliphatic carbocycles. The molecule has 1 atom stereocenters. The van der Waals surface area contributed by atoms with Crippen molar-refractivity contribution in [3.8, 4) is 5.75 Å². The van der Waals surface area contributed by atoms with Crippen LogP contribution in [-0.2, 0) is 17.6 Å². The number of piperazine rings is 1. The zero-order valence-corrected chi connectivity index (χ0v) is 15.6. The fourth-order valence-corrected chi connectivity index (χ4v) is 3.33. The Bertz CT molecular complexity index is 616. The van der Waals surface area contributed by atoms with Gasteiger partial charge < -0.3 is 14.7 Å². The first-order chi connectivity index (χ1) is 11.8. The highest BCUT2D eigenvalue weighted by Gasteiger charge is 2.27. The largest absolute Gasteiger partial charge is 0.493 e. The Morgan fingerprint density at radius 1 is 1.24 bits per heavy atom. The van der Waals surface area contributed by atoms with Crippen LogP contribution in [0.5, 0.6) is 5.75 Å². The molecule has 1 fully saturated rings. The molecule has 0 aromatic heterocycles. The highest BCUT2D eigenvalue weighted by molar-refractivity contribution is 5.79. The first-order valence-electron chi connectivity index (χ1n) is 9.26. The van der Waals surface area contributed by atoms with Crippen LogP contribution in [0.4, 0.5) is 0 Å². The molecule has 3 rings (SSSR count). The number of aliphatic hydroxyl groups is 1. The number of fused-ring (bicyclic) bond motifs is 1. The predicted octanol–water partition coefficient (Wildman–Crippen LogP) is 1.72. The maximum Gasteiger partial charge on any atom is 0.227 e. The molecule has 138 valence electrons. The number of aliphatic hydroxyl groups excluding tert-OH is 1. The third-order valence-corrected chi connectivity index (χ3v) is 5.27. The van der Waals surface area contributed by atoms with Crippen LogP contribution in [-0.4, -0.2) is 66.2 Å². The van der Waals surface area contributed by atoms with Gasteiger partial charge in [0.25, 0.3) is 0 Å². The van der Waals surface area contributed by atoms with Gasteiger partial charge >= 0.3 is 0 Å². The molecule has 2 aliphatic rings. The van der Waals surface area contributed by atoms with E-state index in [1.807, 2.05) is 17.0 Å². The Morgan fingerprint density at radius 2 is 1.96 bits per heavy atom. The minimum Gasteiger partial charge on any atom is -0.493 e. The van der Waals surface area contributed by atoms with Crippen molar-refractivity contribution in [1.29, 1.82) is 0 Å². The third kappa shape index (κ3) is 4.53. The second-order valence-corrected chi connectivity index (χ2v) is 8.28. The maximum absolute atomic E-state index is 12.6. The van der Waals surface area contributed by atoms with E-state index in [1.165, 1.54) is 5.56 Å². The lowest BCUT2D eigenvalue weighted by atomic mass is 9.89. The molecular weight excluding hydrogens is 316 g/mol. The predicted molar refractivity (Wildman–Crippen MR) is 97.8 cm³/mol. The lowest BCUT2D eigenvalue weighted by Crippen LogP contribution is -2.52. The average Bonchev–Trinajstić information content (AvgIpc) is 3.02. The van der Waals surface area contributed by atoms with Crippen molar-refractivity contribution >= 4 is 5.91 Å². The number of rotatable bonds is 4. The first-order valence-corrected chi connectivity index (χ1v) is 9.26. The number of carbonyl (C=O) groups is 1. The second-order valence-electron chi connectivity index (χ2n) is 8.28. The van der Waals surface area contributed by atoms with Gasteiger partial charge in [0.05, 0.1) is 19.1 Å². The zero-order chi connectivity index (χ0) is 18.0. The second kappa shape index (κ2) is 7.34. The molecule has 2 heterocycles. The molecule has 5 heteroatoms. The van der Waals surface area contributed by atoms with Crippen LogP contribution in [0.25, 0.3) is 0 Å². The molecule has 25 heavy (non-hydrogen) atoms. The highest BCUT2D eigenvalue weighted by Crippen LogP contribution is 2.26. The molecule has 5 nitrogen and oxygen atoms in total. The number of hydrogen-bond donors (Lipinski definition) is 1. The van der Waals surface area contributed by atoms with Gasteiger partial charge in [-0.15, -0.1) is 0 Å². The van der Waals surface area contributed by atoms with Gasteiger partial charge in [-0.1, -0.05) is 32.9 Å². The summed E-state index contributed by atoms with van der Waals surface area (Å²) in [6.07, 6.45) is 1.05. The molecule has 0 bridgehead atoms. The molecule has 0 spiro atoms. The summed E-state index contributed by atoms with van der Waals surface area (Å²) in [4.78, 5) is 16.8. The van der Waals surface area contributed by atoms with Crippen molar-refractivity contribution in [2.45, 2.75) is 39.7 Å². The van der Waals surface area contributed by atoms with Gasteiger partial charge in [-0.3, -0.25) is 9.69 Å². The van der Waals surface area contributed by atoms with Crippen LogP contribution in [0.15, 0.2) is 18.2 Å². The van der Waals surface area contributed by atoms with E-state index in [9.17, 15) is 9.90 Å². The van der Waals surface area contributed by atoms with Gasteiger partial charge in [-0.2, -0.15) is 0 Å². The molecule has 0 unspecified atom stereocenters. The van der Waals surface area contributed by atoms with Crippen LogP contribution in [0.2, 0.25) is 0 Å². The number of amides is 1. The van der Waals surface area contributed by atoms with Gasteiger partial charge in [0, 0.05) is 39.1 Å². The molecule has 1 aromatic carbocycles. The Balaban J connectivity index is 1.48. The Kier molecular flexibility index (Phi) is 5.35. The standard InChI is InChI=1S/C20H30N2O3/c1-20(2,3)18(23)14-21-7-9-22(10-8-21)19(24)13-15-4-5-17-16(12-15)6-11-25-17/h4-5,12,18,23H,6-11,13-14H2,1-3H3/t18-/m0/s1. The lowest BCUT2D eigenvalue weighted by molar-refractivity contribution is -0.132. The zero-order valence-electron chi connectivity index (χ0n) is 15.6. The van der Waals surface area contributed by atoms with E-state index in [1.54, 1.807) is 0 Å². The fourth-order valence-electron chi connectivity index (χ4n) is 3.33. The minimum atomic E-state index is -0.344. The summed E-state index contributed by atoms with van der Waals surface area (Å²) in [7, 11) is 0. The Morgan fingerprint density at radius 3 is 2.64 bits per heavy atom. The summed E-state index contributed by atoms with van der Waals surface area (Å²) >= 11 is 0. The number of hydrogen-bond acceptors (Lipinski definition) is 4. The average molecular weight is 346 g/mol. The number of nitrogens with zero attached hydrogens (tertiary/aromatic N) is 2. The number of ether oxygens (including phenoxy) is 1. The van der Waals surface area contributed by atoms with E-state index in [0.29, 0.717) is 13.0 Å². The van der Waals surface area contributed by atoms with Crippen molar-refractivity contribution in [3.63, 3.8) is 0 Å². The topological polar surface area (TPSA) is 53.0 Å². The first kappa shape index (κ1) is 18.2. The van der Waals surface area contributed by atoms with Gasteiger partial charge in [0.1, 0.15) is 5.75 Å². The highest BCUT2D eigenvalue weighted by atomic mass is 16.5. The van der Waals surface area contributed by atoms with Gasteiger partial charge in [0.2, 0.25) is 5.91 Å². The molecule has 1 saturated heterocycles. The molecule has 1 aromatic rings. The van der Waals surface area contributed by atoms with E-state index < -0.39 is 0 Å². The fraction of sp³-hybridized carbons (Fsp3) is 0.650. The summed E-state index contributed by atoms with van der Waals surface area (Å²) in [6, 6.07) is 6.09. The maximum atomic E-state index is 12.6. The summed E-state index contributed by atoms with van der Waals surface area (Å²) in [5.74, 6) is 1.15. The lowest BCUT2D eigenvalue weighted by Gasteiger charge is -2.38. The summed E-state index contributed by atoms with van der Waals surface area (Å²) in [5.41, 5.74) is 2.18. The molecule has 2 aliphatic heterocycles. The Hall–Kier alpha value is -1.59. The van der Waals surface area contributed by atoms with E-state index in [2.05, 4.69) is 31.7 Å². The summed E-state index contributed by atoms with van der Waals surface area (Å²) in [6.45, 7) is 10.7. The van der Waals surface area contributed by atoms with Crippen molar-refractivity contribution in [2.24, 2.45) is 5.41 Å². The van der Waals surface area contributed by atoms with Gasteiger partial charge in [0.15, 0.2) is 0 Å². The van der Waals surface area contributed by atoms with Crippen LogP contribution >= 0.6 is 0 Å². The van der Waals surface area contributed by atoms with E-state index in [0.717, 1.165) is 50.5 Å². The van der Waals surface area contributed by atoms with Crippen molar-refractivity contribution in [2.75, 3.05) is 39.3 Å². The van der Waals surface area contributed by atoms with Crippen molar-refractivity contribution in [1.82, 2.24) is 9.80 Å². The number of carbonyl (C=O) groups excluding carboxylic acids is 1. The SMILES string of the molecule is CC(C)(C)[C@@H](O)CN1CCN(C(=O)Cc2ccc3c(c2)CCO3)CC1. The monoisotopic (exact) mass is 346 g/mol. The normalized spacial score (nSPS) is 19.4. The van der Waals surface area contributed by atoms with Crippen molar-refractivity contribution in [3.05, 3.63) is 29.3 Å². The molecule has 0 saturated carbocycles.